The maximum atomic E-state index is 9.66. The Morgan fingerprint density at radius 2 is 1.62 bits per heavy atom. The molecule has 0 bridgehead atoms. The summed E-state index contributed by atoms with van der Waals surface area (Å²) in [7, 11) is 0. The van der Waals surface area contributed by atoms with Gasteiger partial charge in [0.2, 0.25) is 0 Å². The van der Waals surface area contributed by atoms with Crippen LogP contribution in [-0.4, -0.2) is 0 Å². The van der Waals surface area contributed by atoms with Gasteiger partial charge in [-0.2, -0.15) is 5.26 Å². The average Bonchev–Trinajstić information content (AvgIpc) is 2.62. The van der Waals surface area contributed by atoms with E-state index in [4.69, 9.17) is 0 Å². The van der Waals surface area contributed by atoms with Crippen LogP contribution in [-0.2, 0) is 12.8 Å². The van der Waals surface area contributed by atoms with Crippen molar-refractivity contribution in [2.75, 3.05) is 0 Å². The van der Waals surface area contributed by atoms with E-state index in [1.54, 1.807) is 0 Å². The molecule has 0 saturated heterocycles. The lowest BCUT2D eigenvalue weighted by molar-refractivity contribution is 0.223. The first-order chi connectivity index (χ1) is 11.8. The molecule has 0 aromatic heterocycles. The maximum Gasteiger partial charge on any atom is 0.0662 e. The Labute approximate surface area is 149 Å². The molecule has 1 atom stereocenters. The molecule has 2 rings (SSSR count). The zero-order valence-electron chi connectivity index (χ0n) is 15.8. The van der Waals surface area contributed by atoms with Crippen LogP contribution >= 0.6 is 0 Å². The summed E-state index contributed by atoms with van der Waals surface area (Å²) < 4.78 is 0. The van der Waals surface area contributed by atoms with E-state index < -0.39 is 0 Å². The molecular formula is C23H35N. The van der Waals surface area contributed by atoms with Crippen molar-refractivity contribution in [2.45, 2.75) is 84.5 Å². The van der Waals surface area contributed by atoms with Crippen molar-refractivity contribution in [1.82, 2.24) is 0 Å². The number of aryl methyl sites for hydroxylation is 1. The van der Waals surface area contributed by atoms with Gasteiger partial charge in [-0.25, -0.2) is 0 Å². The minimum absolute atomic E-state index is 0.207. The van der Waals surface area contributed by atoms with Crippen LogP contribution in [0.1, 0.15) is 82.8 Å². The molecule has 1 saturated carbocycles. The number of rotatable bonds is 9. The molecule has 1 nitrogen and oxygen atoms in total. The molecule has 0 heterocycles. The van der Waals surface area contributed by atoms with Crippen LogP contribution in [0.25, 0.3) is 0 Å². The highest BCUT2D eigenvalue weighted by molar-refractivity contribution is 5.24. The number of hydrogen-bond acceptors (Lipinski definition) is 1. The summed E-state index contributed by atoms with van der Waals surface area (Å²) in [4.78, 5) is 0. The maximum absolute atomic E-state index is 9.66. The van der Waals surface area contributed by atoms with Gasteiger partial charge in [-0.1, -0.05) is 76.6 Å². The van der Waals surface area contributed by atoms with Crippen LogP contribution in [0.15, 0.2) is 24.3 Å². The average molecular weight is 326 g/mol. The fourth-order valence-corrected chi connectivity index (χ4v) is 4.28. The van der Waals surface area contributed by atoms with Crippen LogP contribution in [0.5, 0.6) is 0 Å². The molecule has 24 heavy (non-hydrogen) atoms. The largest absolute Gasteiger partial charge is 0.198 e. The quantitative estimate of drug-likeness (QED) is 0.463. The van der Waals surface area contributed by atoms with E-state index in [-0.39, 0.29) is 5.92 Å². The van der Waals surface area contributed by atoms with Crippen LogP contribution in [0.3, 0.4) is 0 Å². The Bertz CT molecular complexity index is 488. The van der Waals surface area contributed by atoms with Gasteiger partial charge in [0.15, 0.2) is 0 Å². The summed E-state index contributed by atoms with van der Waals surface area (Å²) in [6.45, 7) is 4.54. The zero-order chi connectivity index (χ0) is 17.2. The van der Waals surface area contributed by atoms with Crippen molar-refractivity contribution in [1.29, 1.82) is 5.26 Å². The number of benzene rings is 1. The topological polar surface area (TPSA) is 23.8 Å². The van der Waals surface area contributed by atoms with Gasteiger partial charge in [0, 0.05) is 0 Å². The fourth-order valence-electron chi connectivity index (χ4n) is 4.28. The third-order valence-corrected chi connectivity index (χ3v) is 5.87. The van der Waals surface area contributed by atoms with E-state index in [1.165, 1.54) is 75.3 Å². The zero-order valence-corrected chi connectivity index (χ0v) is 15.8. The van der Waals surface area contributed by atoms with Crippen LogP contribution < -0.4 is 0 Å². The van der Waals surface area contributed by atoms with Gasteiger partial charge in [-0.3, -0.25) is 0 Å². The van der Waals surface area contributed by atoms with Crippen LogP contribution in [0, 0.1) is 29.1 Å². The van der Waals surface area contributed by atoms with E-state index in [9.17, 15) is 5.26 Å². The monoisotopic (exact) mass is 325 g/mol. The first-order valence-electron chi connectivity index (χ1n) is 10.2. The third kappa shape index (κ3) is 5.97. The predicted octanol–water partition coefficient (Wildman–Crippen LogP) is 6.71. The second-order valence-corrected chi connectivity index (χ2v) is 7.78. The van der Waals surface area contributed by atoms with Gasteiger partial charge in [0.25, 0.3) is 0 Å². The molecule has 1 aliphatic rings. The SMILES string of the molecule is CCCCCc1ccc(CC(C#N)[C@H]2CC[C@H](CCC)CC2)cc1. The fraction of sp³-hybridized carbons (Fsp3) is 0.696. The Morgan fingerprint density at radius 3 is 2.21 bits per heavy atom. The summed E-state index contributed by atoms with van der Waals surface area (Å²) >= 11 is 0. The first-order valence-corrected chi connectivity index (χ1v) is 10.2. The van der Waals surface area contributed by atoms with Gasteiger partial charge in [-0.05, 0) is 55.1 Å². The van der Waals surface area contributed by atoms with Crippen molar-refractivity contribution < 1.29 is 0 Å². The smallest absolute Gasteiger partial charge is 0.0662 e. The molecule has 1 unspecified atom stereocenters. The Hall–Kier alpha value is -1.29. The molecule has 0 amide bonds. The van der Waals surface area contributed by atoms with Gasteiger partial charge in [0.05, 0.1) is 12.0 Å². The molecule has 132 valence electrons. The predicted molar refractivity (Wildman–Crippen MR) is 103 cm³/mol. The molecule has 1 aromatic carbocycles. The van der Waals surface area contributed by atoms with Crippen molar-refractivity contribution in [3.8, 4) is 6.07 Å². The highest BCUT2D eigenvalue weighted by Gasteiger charge is 2.27. The molecule has 0 N–H and O–H groups in total. The molecule has 1 aliphatic carbocycles. The second kappa shape index (κ2) is 10.5. The standard InChI is InChI=1S/C23H35N/c1-3-5-6-8-20-9-11-21(12-10-20)17-23(18-24)22-15-13-19(7-4-2)14-16-22/h9-12,19,22-23H,3-8,13-17H2,1-2H3/t19-,22-,23?. The van der Waals surface area contributed by atoms with Gasteiger partial charge in [-0.15, -0.1) is 0 Å². The van der Waals surface area contributed by atoms with Crippen molar-refractivity contribution in [3.63, 3.8) is 0 Å². The summed E-state index contributed by atoms with van der Waals surface area (Å²) in [5, 5.41) is 9.66. The highest BCUT2D eigenvalue weighted by atomic mass is 14.4. The Kier molecular flexibility index (Phi) is 8.37. The first kappa shape index (κ1) is 19.0. The highest BCUT2D eigenvalue weighted by Crippen LogP contribution is 2.36. The molecular weight excluding hydrogens is 290 g/mol. The van der Waals surface area contributed by atoms with E-state index >= 15 is 0 Å². The molecule has 0 spiro atoms. The van der Waals surface area contributed by atoms with E-state index in [0.717, 1.165) is 12.3 Å². The molecule has 1 heteroatoms. The number of hydrogen-bond donors (Lipinski definition) is 0. The van der Waals surface area contributed by atoms with E-state index in [2.05, 4.69) is 44.2 Å². The van der Waals surface area contributed by atoms with Gasteiger partial charge >= 0.3 is 0 Å². The molecule has 1 fully saturated rings. The number of nitriles is 1. The number of nitrogens with zero attached hydrogens (tertiary/aromatic N) is 1. The summed E-state index contributed by atoms with van der Waals surface area (Å²) in [6.07, 6.45) is 13.9. The van der Waals surface area contributed by atoms with Gasteiger partial charge in [0.1, 0.15) is 0 Å². The van der Waals surface area contributed by atoms with Crippen LogP contribution in [0.4, 0.5) is 0 Å². The lowest BCUT2D eigenvalue weighted by atomic mass is 9.73. The third-order valence-electron chi connectivity index (χ3n) is 5.87. The van der Waals surface area contributed by atoms with Crippen molar-refractivity contribution >= 4 is 0 Å². The summed E-state index contributed by atoms with van der Waals surface area (Å²) in [6, 6.07) is 11.7. The van der Waals surface area contributed by atoms with E-state index in [1.807, 2.05) is 0 Å². The van der Waals surface area contributed by atoms with Crippen LogP contribution in [0.2, 0.25) is 0 Å². The number of unbranched alkanes of at least 4 members (excludes halogenated alkanes) is 2. The van der Waals surface area contributed by atoms with E-state index in [0.29, 0.717) is 5.92 Å². The minimum Gasteiger partial charge on any atom is -0.198 e. The Morgan fingerprint density at radius 1 is 0.958 bits per heavy atom. The molecule has 0 aliphatic heterocycles. The lowest BCUT2D eigenvalue weighted by Gasteiger charge is -2.31. The lowest BCUT2D eigenvalue weighted by Crippen LogP contribution is -2.22. The minimum atomic E-state index is 0.207. The van der Waals surface area contributed by atoms with Gasteiger partial charge < -0.3 is 0 Å². The second-order valence-electron chi connectivity index (χ2n) is 7.78. The normalized spacial score (nSPS) is 22.0. The van der Waals surface area contributed by atoms with Crippen molar-refractivity contribution in [3.05, 3.63) is 35.4 Å². The molecule has 0 radical (unpaired) electrons. The molecule has 1 aromatic rings. The summed E-state index contributed by atoms with van der Waals surface area (Å²) in [5.74, 6) is 1.75. The van der Waals surface area contributed by atoms with Crippen molar-refractivity contribution in [2.24, 2.45) is 17.8 Å². The summed E-state index contributed by atoms with van der Waals surface area (Å²) in [5.41, 5.74) is 2.79. The Balaban J connectivity index is 1.83.